The van der Waals surface area contributed by atoms with Gasteiger partial charge in [-0.3, -0.25) is 4.79 Å². The van der Waals surface area contributed by atoms with Gasteiger partial charge in [0.1, 0.15) is 16.7 Å². The van der Waals surface area contributed by atoms with Gasteiger partial charge in [0, 0.05) is 5.41 Å². The maximum absolute atomic E-state index is 12.7. The number of amides is 2. The van der Waals surface area contributed by atoms with Crippen molar-refractivity contribution in [1.82, 2.24) is 4.90 Å². The van der Waals surface area contributed by atoms with Crippen molar-refractivity contribution in [3.63, 3.8) is 0 Å². The van der Waals surface area contributed by atoms with Gasteiger partial charge in [-0.15, -0.1) is 0 Å². The van der Waals surface area contributed by atoms with Gasteiger partial charge in [0.2, 0.25) is 5.91 Å². The number of rotatable bonds is 1. The van der Waals surface area contributed by atoms with E-state index in [2.05, 4.69) is 0 Å². The third kappa shape index (κ3) is 4.24. The molecular weight excluding hydrogens is 298 g/mol. The molecule has 2 amide bonds. The van der Waals surface area contributed by atoms with Crippen LogP contribution in [-0.2, 0) is 19.1 Å². The highest BCUT2D eigenvalue weighted by molar-refractivity contribution is 6.04. The molecule has 0 aromatic carbocycles. The molecule has 0 radical (unpaired) electrons. The van der Waals surface area contributed by atoms with Crippen molar-refractivity contribution in [3.05, 3.63) is 0 Å². The lowest BCUT2D eigenvalue weighted by Gasteiger charge is -2.34. The molecular formula is C17H29NO5. The molecule has 132 valence electrons. The first-order valence-corrected chi connectivity index (χ1v) is 7.81. The monoisotopic (exact) mass is 327 g/mol. The molecule has 0 saturated carbocycles. The molecule has 1 fully saturated rings. The lowest BCUT2D eigenvalue weighted by Crippen LogP contribution is -2.55. The normalized spacial score (nSPS) is 24.6. The van der Waals surface area contributed by atoms with Crippen LogP contribution in [0.2, 0.25) is 0 Å². The van der Waals surface area contributed by atoms with Crippen LogP contribution < -0.4 is 0 Å². The van der Waals surface area contributed by atoms with E-state index < -0.39 is 40.1 Å². The molecule has 1 aliphatic heterocycles. The summed E-state index contributed by atoms with van der Waals surface area (Å²) in [6, 6.07) is 0. The molecule has 0 N–H and O–H groups in total. The summed E-state index contributed by atoms with van der Waals surface area (Å²) in [6.45, 7) is 15.3. The molecule has 6 nitrogen and oxygen atoms in total. The Hall–Kier alpha value is -1.59. The van der Waals surface area contributed by atoms with Gasteiger partial charge in [-0.2, -0.15) is 0 Å². The van der Waals surface area contributed by atoms with Crippen LogP contribution in [0, 0.1) is 5.41 Å². The first-order chi connectivity index (χ1) is 10.00. The fourth-order valence-electron chi connectivity index (χ4n) is 2.69. The summed E-state index contributed by atoms with van der Waals surface area (Å²) in [4.78, 5) is 38.8. The predicted molar refractivity (Wildman–Crippen MR) is 85.7 cm³/mol. The molecule has 23 heavy (non-hydrogen) atoms. The third-order valence-electron chi connectivity index (χ3n) is 3.48. The van der Waals surface area contributed by atoms with Crippen molar-refractivity contribution in [1.29, 1.82) is 0 Å². The fraction of sp³-hybridized carbons (Fsp3) is 0.824. The Bertz CT molecular complexity index is 524. The molecule has 1 aliphatic rings. The first kappa shape index (κ1) is 19.5. The van der Waals surface area contributed by atoms with Crippen molar-refractivity contribution in [2.75, 3.05) is 0 Å². The highest BCUT2D eigenvalue weighted by Gasteiger charge is 2.61. The summed E-state index contributed by atoms with van der Waals surface area (Å²) < 4.78 is 10.8. The van der Waals surface area contributed by atoms with Crippen molar-refractivity contribution >= 4 is 18.0 Å². The Morgan fingerprint density at radius 1 is 0.957 bits per heavy atom. The van der Waals surface area contributed by atoms with Crippen molar-refractivity contribution in [2.45, 2.75) is 85.5 Å². The minimum absolute atomic E-state index is 0.187. The number of hydrogen-bond donors (Lipinski definition) is 0. The summed E-state index contributed by atoms with van der Waals surface area (Å²) in [6.07, 6.45) is -0.631. The zero-order valence-corrected chi connectivity index (χ0v) is 15.7. The Labute approximate surface area is 138 Å². The quantitative estimate of drug-likeness (QED) is 0.691. The number of imide groups is 1. The Kier molecular flexibility index (Phi) is 4.65. The van der Waals surface area contributed by atoms with Crippen molar-refractivity contribution < 1.29 is 23.9 Å². The molecule has 6 heteroatoms. The number of hydrogen-bond acceptors (Lipinski definition) is 5. The van der Waals surface area contributed by atoms with Crippen LogP contribution in [0.4, 0.5) is 4.79 Å². The van der Waals surface area contributed by atoms with Crippen LogP contribution in [0.1, 0.15) is 68.7 Å². The van der Waals surface area contributed by atoms with Crippen LogP contribution in [0.3, 0.4) is 0 Å². The third-order valence-corrected chi connectivity index (χ3v) is 3.48. The maximum Gasteiger partial charge on any atom is 0.418 e. The molecule has 0 spiro atoms. The minimum atomic E-state index is -1.38. The van der Waals surface area contributed by atoms with E-state index in [0.29, 0.717) is 0 Å². The van der Waals surface area contributed by atoms with E-state index >= 15 is 0 Å². The molecule has 1 heterocycles. The number of carbonyl (C=O) groups is 3. The van der Waals surface area contributed by atoms with Crippen LogP contribution in [0.25, 0.3) is 0 Å². The van der Waals surface area contributed by atoms with Crippen molar-refractivity contribution in [2.24, 2.45) is 5.41 Å². The summed E-state index contributed by atoms with van der Waals surface area (Å²) in [5, 5.41) is 0. The van der Waals surface area contributed by atoms with Gasteiger partial charge in [0.15, 0.2) is 0 Å². The molecule has 0 aromatic rings. The van der Waals surface area contributed by atoms with Gasteiger partial charge < -0.3 is 9.47 Å². The zero-order chi connectivity index (χ0) is 18.4. The van der Waals surface area contributed by atoms with Gasteiger partial charge in [-0.1, -0.05) is 13.8 Å². The Morgan fingerprint density at radius 3 is 1.78 bits per heavy atom. The van der Waals surface area contributed by atoms with E-state index in [4.69, 9.17) is 9.47 Å². The Balaban J connectivity index is 3.24. The number of esters is 1. The molecule has 1 saturated heterocycles. The van der Waals surface area contributed by atoms with Gasteiger partial charge in [0.25, 0.3) is 0 Å². The van der Waals surface area contributed by atoms with Crippen LogP contribution in [-0.4, -0.2) is 39.6 Å². The smallest absolute Gasteiger partial charge is 0.418 e. The van der Waals surface area contributed by atoms with Crippen LogP contribution in [0.15, 0.2) is 0 Å². The summed E-state index contributed by atoms with van der Waals surface area (Å²) in [5.41, 5.74) is -3.70. The molecule has 1 unspecified atom stereocenters. The number of ether oxygens (including phenoxy) is 2. The lowest BCUT2D eigenvalue weighted by atomic mass is 9.84. The molecule has 0 aliphatic carbocycles. The van der Waals surface area contributed by atoms with E-state index in [9.17, 15) is 14.4 Å². The average molecular weight is 327 g/mol. The van der Waals surface area contributed by atoms with Gasteiger partial charge in [-0.25, -0.2) is 14.5 Å². The second kappa shape index (κ2) is 5.49. The molecule has 0 bridgehead atoms. The standard InChI is InChI=1S/C17H29NO5/c1-14(2,3)22-12(20)17(9)10-16(7,8)11(19)18(17)13(21)23-15(4,5)6/h10H2,1-9H3. The number of nitrogens with zero attached hydrogens (tertiary/aromatic N) is 1. The highest BCUT2D eigenvalue weighted by Crippen LogP contribution is 2.44. The van der Waals surface area contributed by atoms with Gasteiger partial charge in [-0.05, 0) is 54.9 Å². The van der Waals surface area contributed by atoms with Gasteiger partial charge in [0.05, 0.1) is 0 Å². The van der Waals surface area contributed by atoms with Crippen LogP contribution in [0.5, 0.6) is 0 Å². The average Bonchev–Trinajstić information content (AvgIpc) is 2.41. The second-order valence-corrected chi connectivity index (χ2v) is 8.96. The van der Waals surface area contributed by atoms with E-state index in [1.807, 2.05) is 0 Å². The van der Waals surface area contributed by atoms with Crippen molar-refractivity contribution in [3.8, 4) is 0 Å². The predicted octanol–water partition coefficient (Wildman–Crippen LogP) is 3.28. The SMILES string of the molecule is CC(C)(C)OC(=O)N1C(=O)C(C)(C)CC1(C)C(=O)OC(C)(C)C. The van der Waals surface area contributed by atoms with E-state index in [1.54, 1.807) is 62.3 Å². The summed E-state index contributed by atoms with van der Waals surface area (Å²) >= 11 is 0. The number of likely N-dealkylation sites (tertiary alicyclic amines) is 1. The number of carbonyl (C=O) groups excluding carboxylic acids is 3. The summed E-state index contributed by atoms with van der Waals surface area (Å²) in [7, 11) is 0. The van der Waals surface area contributed by atoms with Crippen LogP contribution >= 0.6 is 0 Å². The maximum atomic E-state index is 12.7. The summed E-state index contributed by atoms with van der Waals surface area (Å²) in [5.74, 6) is -1.03. The zero-order valence-electron chi connectivity index (χ0n) is 15.7. The van der Waals surface area contributed by atoms with E-state index in [1.165, 1.54) is 0 Å². The molecule has 1 rings (SSSR count). The lowest BCUT2D eigenvalue weighted by molar-refractivity contribution is -0.168. The van der Waals surface area contributed by atoms with E-state index in [0.717, 1.165) is 4.90 Å². The molecule has 1 atom stereocenters. The molecule has 0 aromatic heterocycles. The second-order valence-electron chi connectivity index (χ2n) is 8.96. The van der Waals surface area contributed by atoms with Gasteiger partial charge >= 0.3 is 12.1 Å². The first-order valence-electron chi connectivity index (χ1n) is 7.81. The largest absolute Gasteiger partial charge is 0.458 e. The Morgan fingerprint density at radius 2 is 1.39 bits per heavy atom. The highest BCUT2D eigenvalue weighted by atomic mass is 16.6. The minimum Gasteiger partial charge on any atom is -0.458 e. The topological polar surface area (TPSA) is 72.9 Å². The van der Waals surface area contributed by atoms with E-state index in [-0.39, 0.29) is 6.42 Å². The fourth-order valence-corrected chi connectivity index (χ4v) is 2.69.